The van der Waals surface area contributed by atoms with Crippen molar-refractivity contribution in [3.05, 3.63) is 52.2 Å². The number of nitrogens with zero attached hydrogens (tertiary/aromatic N) is 3. The molecule has 5 rings (SSSR count). The second-order valence-corrected chi connectivity index (χ2v) is 8.80. The Morgan fingerprint density at radius 3 is 2.66 bits per heavy atom. The van der Waals surface area contributed by atoms with E-state index in [0.717, 1.165) is 29.0 Å². The van der Waals surface area contributed by atoms with Gasteiger partial charge in [-0.1, -0.05) is 5.16 Å². The summed E-state index contributed by atoms with van der Waals surface area (Å²) in [5.74, 6) is 0.107. The summed E-state index contributed by atoms with van der Waals surface area (Å²) >= 11 is 1.33. The van der Waals surface area contributed by atoms with E-state index in [9.17, 15) is 13.6 Å². The molecule has 10 heteroatoms. The fourth-order valence-corrected chi connectivity index (χ4v) is 4.39. The van der Waals surface area contributed by atoms with E-state index in [4.69, 9.17) is 4.52 Å². The van der Waals surface area contributed by atoms with Crippen LogP contribution in [0.25, 0.3) is 22.4 Å². The summed E-state index contributed by atoms with van der Waals surface area (Å²) in [6.45, 7) is 0.776. The van der Waals surface area contributed by atoms with E-state index < -0.39 is 6.61 Å². The van der Waals surface area contributed by atoms with Crippen molar-refractivity contribution in [2.45, 2.75) is 39.2 Å². The maximum absolute atomic E-state index is 13.1. The lowest BCUT2D eigenvalue weighted by atomic mass is 10.1. The molecule has 0 aliphatic heterocycles. The number of alkyl halides is 2. The van der Waals surface area contributed by atoms with Gasteiger partial charge in [0.15, 0.2) is 5.13 Å². The fourth-order valence-electron chi connectivity index (χ4n) is 3.56. The Labute approximate surface area is 185 Å². The molecule has 0 radical (unpaired) electrons. The molecule has 0 saturated heterocycles. The van der Waals surface area contributed by atoms with Gasteiger partial charge in [-0.05, 0) is 57.0 Å². The molecule has 1 fully saturated rings. The molecule has 1 aliphatic rings. The first-order chi connectivity index (χ1) is 15.4. The summed E-state index contributed by atoms with van der Waals surface area (Å²) in [5.41, 5.74) is 3.65. The maximum atomic E-state index is 13.1. The summed E-state index contributed by atoms with van der Waals surface area (Å²) in [6.07, 6.45) is 2.09. The minimum absolute atomic E-state index is 0.0717. The summed E-state index contributed by atoms with van der Waals surface area (Å²) in [5, 5.41) is 7.86. The number of hydrogen-bond acceptors (Lipinski definition) is 7. The summed E-state index contributed by atoms with van der Waals surface area (Å²) in [7, 11) is 0. The van der Waals surface area contributed by atoms with Crippen molar-refractivity contribution in [3.8, 4) is 17.0 Å². The van der Waals surface area contributed by atoms with Gasteiger partial charge in [0, 0.05) is 22.1 Å². The Hall–Kier alpha value is -3.40. The Balaban J connectivity index is 1.42. The zero-order valence-corrected chi connectivity index (χ0v) is 18.0. The number of nitrogens with one attached hydrogen (secondary N) is 1. The van der Waals surface area contributed by atoms with Gasteiger partial charge < -0.3 is 9.26 Å². The molecule has 1 saturated carbocycles. The van der Waals surface area contributed by atoms with Gasteiger partial charge in [0.1, 0.15) is 5.75 Å². The van der Waals surface area contributed by atoms with Crippen molar-refractivity contribution in [2.75, 3.05) is 5.32 Å². The molecule has 1 aromatic carbocycles. The van der Waals surface area contributed by atoms with Gasteiger partial charge in [-0.3, -0.25) is 10.1 Å². The molecule has 1 N–H and O–H groups in total. The molecule has 0 unspecified atom stereocenters. The first kappa shape index (κ1) is 20.5. The molecule has 4 aromatic rings. The number of pyridine rings is 1. The lowest BCUT2D eigenvalue weighted by Gasteiger charge is -2.06. The van der Waals surface area contributed by atoms with E-state index >= 15 is 0 Å². The standard InChI is InChI=1S/C22H18F2N4O3S/c1-10-17-15(9-16(12-3-4-12)25-20(17)31-28-10)19(29)27-22-26-18(11(2)32-22)13-5-7-14(8-6-13)30-21(23)24/h5-9,12,21H,3-4H2,1-2H3,(H,26,27,29). The number of benzene rings is 1. The van der Waals surface area contributed by atoms with Crippen LogP contribution in [0.1, 0.15) is 45.4 Å². The molecule has 164 valence electrons. The number of carbonyl (C=O) groups excluding carboxylic acids is 1. The number of hydrogen-bond donors (Lipinski definition) is 1. The molecule has 3 aromatic heterocycles. The van der Waals surface area contributed by atoms with Crippen LogP contribution in [0.15, 0.2) is 34.9 Å². The van der Waals surface area contributed by atoms with Gasteiger partial charge in [0.05, 0.1) is 22.3 Å². The van der Waals surface area contributed by atoms with Crippen molar-refractivity contribution in [1.82, 2.24) is 15.1 Å². The number of aromatic nitrogens is 3. The number of carbonyl (C=O) groups is 1. The number of fused-ring (bicyclic) bond motifs is 1. The van der Waals surface area contributed by atoms with Gasteiger partial charge in [-0.25, -0.2) is 9.97 Å². The van der Waals surface area contributed by atoms with Crippen LogP contribution in [0.3, 0.4) is 0 Å². The molecular weight excluding hydrogens is 438 g/mol. The number of thiazole rings is 1. The molecular formula is C22H18F2N4O3S. The Morgan fingerprint density at radius 2 is 1.97 bits per heavy atom. The molecule has 0 spiro atoms. The largest absolute Gasteiger partial charge is 0.435 e. The predicted octanol–water partition coefficient (Wildman–Crippen LogP) is 5.69. The number of anilines is 1. The summed E-state index contributed by atoms with van der Waals surface area (Å²) in [6, 6.07) is 8.03. The van der Waals surface area contributed by atoms with Crippen LogP contribution < -0.4 is 10.1 Å². The Kier molecular flexibility index (Phi) is 5.09. The van der Waals surface area contributed by atoms with Crippen LogP contribution in [-0.4, -0.2) is 27.6 Å². The molecule has 32 heavy (non-hydrogen) atoms. The van der Waals surface area contributed by atoms with Gasteiger partial charge >= 0.3 is 6.61 Å². The minimum Gasteiger partial charge on any atom is -0.435 e. The average Bonchev–Trinajstić information content (AvgIpc) is 3.46. The van der Waals surface area contributed by atoms with Crippen LogP contribution in [0, 0.1) is 13.8 Å². The summed E-state index contributed by atoms with van der Waals surface area (Å²) < 4.78 is 34.4. The highest BCUT2D eigenvalue weighted by Gasteiger charge is 2.29. The van der Waals surface area contributed by atoms with E-state index in [1.54, 1.807) is 19.1 Å². The van der Waals surface area contributed by atoms with E-state index in [-0.39, 0.29) is 11.7 Å². The highest BCUT2D eigenvalue weighted by molar-refractivity contribution is 7.16. The zero-order chi connectivity index (χ0) is 22.4. The van der Waals surface area contributed by atoms with Gasteiger partial charge in [-0.2, -0.15) is 8.78 Å². The van der Waals surface area contributed by atoms with Crippen molar-refractivity contribution in [2.24, 2.45) is 0 Å². The number of ether oxygens (including phenoxy) is 1. The highest BCUT2D eigenvalue weighted by atomic mass is 32.1. The lowest BCUT2D eigenvalue weighted by Crippen LogP contribution is -2.13. The average molecular weight is 456 g/mol. The molecule has 0 atom stereocenters. The first-order valence-corrected chi connectivity index (χ1v) is 10.8. The second-order valence-electron chi connectivity index (χ2n) is 7.60. The van der Waals surface area contributed by atoms with E-state index in [1.807, 2.05) is 13.0 Å². The Bertz CT molecular complexity index is 1310. The van der Waals surface area contributed by atoms with Gasteiger partial charge in [0.2, 0.25) is 0 Å². The van der Waals surface area contributed by atoms with Crippen LogP contribution in [0.4, 0.5) is 13.9 Å². The highest BCUT2D eigenvalue weighted by Crippen LogP contribution is 2.40. The van der Waals surface area contributed by atoms with E-state index in [0.29, 0.717) is 39.1 Å². The van der Waals surface area contributed by atoms with Crippen molar-refractivity contribution in [3.63, 3.8) is 0 Å². The summed E-state index contributed by atoms with van der Waals surface area (Å²) in [4.78, 5) is 23.1. The van der Waals surface area contributed by atoms with Crippen LogP contribution in [0.5, 0.6) is 5.75 Å². The monoisotopic (exact) mass is 456 g/mol. The SMILES string of the molecule is Cc1sc(NC(=O)c2cc(C3CC3)nc3onc(C)c23)nc1-c1ccc(OC(F)F)cc1. The van der Waals surface area contributed by atoms with Gasteiger partial charge in [0.25, 0.3) is 11.6 Å². The second kappa shape index (κ2) is 7.94. The first-order valence-electron chi connectivity index (χ1n) is 10.00. The minimum atomic E-state index is -2.88. The molecule has 3 heterocycles. The number of rotatable bonds is 6. The number of halogens is 2. The topological polar surface area (TPSA) is 90.1 Å². The molecule has 7 nitrogen and oxygen atoms in total. The smallest absolute Gasteiger partial charge is 0.387 e. The fraction of sp³-hybridized carbons (Fsp3) is 0.273. The van der Waals surface area contributed by atoms with Crippen molar-refractivity contribution in [1.29, 1.82) is 0 Å². The normalized spacial score (nSPS) is 13.7. The van der Waals surface area contributed by atoms with Crippen LogP contribution in [0.2, 0.25) is 0 Å². The number of aryl methyl sites for hydroxylation is 2. The molecule has 1 aliphatic carbocycles. The zero-order valence-electron chi connectivity index (χ0n) is 17.2. The van der Waals surface area contributed by atoms with Crippen molar-refractivity contribution < 1.29 is 22.8 Å². The maximum Gasteiger partial charge on any atom is 0.387 e. The van der Waals surface area contributed by atoms with E-state index in [1.165, 1.54) is 23.5 Å². The third-order valence-corrected chi connectivity index (χ3v) is 6.13. The number of amides is 1. The quantitative estimate of drug-likeness (QED) is 0.401. The molecule has 1 amide bonds. The molecule has 0 bridgehead atoms. The Morgan fingerprint density at radius 1 is 1.22 bits per heavy atom. The van der Waals surface area contributed by atoms with Crippen molar-refractivity contribution >= 4 is 33.5 Å². The lowest BCUT2D eigenvalue weighted by molar-refractivity contribution is -0.0498. The van der Waals surface area contributed by atoms with Crippen LogP contribution >= 0.6 is 11.3 Å². The third kappa shape index (κ3) is 3.93. The van der Waals surface area contributed by atoms with E-state index in [2.05, 4.69) is 25.2 Å². The third-order valence-electron chi connectivity index (χ3n) is 5.25. The predicted molar refractivity (Wildman–Crippen MR) is 115 cm³/mol. The van der Waals surface area contributed by atoms with Gasteiger partial charge in [-0.15, -0.1) is 11.3 Å². The van der Waals surface area contributed by atoms with Crippen LogP contribution in [-0.2, 0) is 0 Å².